The first kappa shape index (κ1) is 28.6. The van der Waals surface area contributed by atoms with Gasteiger partial charge in [0, 0.05) is 62.2 Å². The van der Waals surface area contributed by atoms with E-state index in [1.54, 1.807) is 0 Å². The fourth-order valence-electron chi connectivity index (χ4n) is 7.32. The number of fused-ring (bicyclic) bond motifs is 9. The maximum Gasteiger partial charge on any atom is 0.167 e. The summed E-state index contributed by atoms with van der Waals surface area (Å²) < 4.78 is 11.5. The zero-order chi connectivity index (χ0) is 33.5. The second-order valence-corrected chi connectivity index (χ2v) is 14.9. The van der Waals surface area contributed by atoms with Crippen LogP contribution in [0.2, 0.25) is 0 Å². The van der Waals surface area contributed by atoms with Crippen LogP contribution in [0, 0.1) is 0 Å². The molecule has 0 unspecified atom stereocenters. The summed E-state index contributed by atoms with van der Waals surface area (Å²) in [6, 6.07) is 53.2. The van der Waals surface area contributed by atoms with Crippen molar-refractivity contribution in [3.05, 3.63) is 152 Å². The third-order valence-corrected chi connectivity index (χ3v) is 12.1. The number of rotatable bonds is 4. The lowest BCUT2D eigenvalue weighted by atomic mass is 10.00. The molecule has 238 valence electrons. The molecule has 0 saturated carbocycles. The van der Waals surface area contributed by atoms with E-state index in [2.05, 4.69) is 91.0 Å². The van der Waals surface area contributed by atoms with Crippen LogP contribution >= 0.6 is 22.7 Å². The molecule has 11 rings (SSSR count). The molecule has 0 spiro atoms. The van der Waals surface area contributed by atoms with E-state index in [4.69, 9.17) is 19.4 Å². The molecular formula is C45H25N3OS2. The first-order valence-corrected chi connectivity index (χ1v) is 18.5. The van der Waals surface area contributed by atoms with Gasteiger partial charge >= 0.3 is 0 Å². The van der Waals surface area contributed by atoms with Gasteiger partial charge in [-0.1, -0.05) is 103 Å². The maximum atomic E-state index is 6.42. The monoisotopic (exact) mass is 687 g/mol. The number of hydrogen-bond donors (Lipinski definition) is 0. The molecule has 4 nitrogen and oxygen atoms in total. The van der Waals surface area contributed by atoms with E-state index in [0.717, 1.165) is 38.6 Å². The van der Waals surface area contributed by atoms with Crippen molar-refractivity contribution in [2.24, 2.45) is 0 Å². The summed E-state index contributed by atoms with van der Waals surface area (Å²) in [6.07, 6.45) is 0. The lowest BCUT2D eigenvalue weighted by Crippen LogP contribution is -2.00. The Hall–Kier alpha value is -6.21. The topological polar surface area (TPSA) is 51.8 Å². The third kappa shape index (κ3) is 4.54. The van der Waals surface area contributed by atoms with Crippen LogP contribution in [0.1, 0.15) is 0 Å². The average Bonchev–Trinajstić information content (AvgIpc) is 3.89. The molecule has 4 aromatic heterocycles. The van der Waals surface area contributed by atoms with Gasteiger partial charge in [-0.25, -0.2) is 15.0 Å². The fourth-order valence-corrected chi connectivity index (χ4v) is 9.63. The van der Waals surface area contributed by atoms with Crippen molar-refractivity contribution in [2.45, 2.75) is 0 Å². The predicted molar refractivity (Wildman–Crippen MR) is 215 cm³/mol. The van der Waals surface area contributed by atoms with E-state index in [1.165, 1.54) is 51.5 Å². The zero-order valence-corrected chi connectivity index (χ0v) is 28.6. The third-order valence-electron chi connectivity index (χ3n) is 9.76. The quantitative estimate of drug-likeness (QED) is 0.185. The largest absolute Gasteiger partial charge is 0.455 e. The van der Waals surface area contributed by atoms with E-state index in [9.17, 15) is 0 Å². The second kappa shape index (κ2) is 11.2. The van der Waals surface area contributed by atoms with Gasteiger partial charge in [0.15, 0.2) is 17.5 Å². The molecule has 0 bridgehead atoms. The first-order valence-electron chi connectivity index (χ1n) is 16.8. The highest BCUT2D eigenvalue weighted by atomic mass is 32.1. The van der Waals surface area contributed by atoms with Gasteiger partial charge in [0.05, 0.1) is 5.56 Å². The highest BCUT2D eigenvalue weighted by Gasteiger charge is 2.19. The molecule has 0 saturated heterocycles. The first-order chi connectivity index (χ1) is 25.2. The number of thiophene rings is 2. The molecule has 7 aromatic carbocycles. The summed E-state index contributed by atoms with van der Waals surface area (Å²) in [6.45, 7) is 0. The molecule has 51 heavy (non-hydrogen) atoms. The van der Waals surface area contributed by atoms with Gasteiger partial charge in [-0.2, -0.15) is 0 Å². The summed E-state index contributed by atoms with van der Waals surface area (Å²) in [4.78, 5) is 15.2. The van der Waals surface area contributed by atoms with Gasteiger partial charge in [0.25, 0.3) is 0 Å². The number of para-hydroxylation sites is 2. The molecule has 0 fully saturated rings. The summed E-state index contributed by atoms with van der Waals surface area (Å²) in [5.41, 5.74) is 6.81. The second-order valence-electron chi connectivity index (χ2n) is 12.8. The van der Waals surface area contributed by atoms with Crippen LogP contribution in [0.5, 0.6) is 0 Å². The normalized spacial score (nSPS) is 11.9. The van der Waals surface area contributed by atoms with Crippen molar-refractivity contribution in [3.63, 3.8) is 0 Å². The summed E-state index contributed by atoms with van der Waals surface area (Å²) in [5.74, 6) is 1.83. The number of nitrogens with zero attached hydrogens (tertiary/aromatic N) is 3. The van der Waals surface area contributed by atoms with Crippen molar-refractivity contribution in [3.8, 4) is 45.3 Å². The summed E-state index contributed by atoms with van der Waals surface area (Å²) >= 11 is 3.69. The Balaban J connectivity index is 1.10. The highest BCUT2D eigenvalue weighted by Crippen LogP contribution is 2.43. The lowest BCUT2D eigenvalue weighted by Gasteiger charge is -2.09. The molecule has 0 aliphatic rings. The number of benzene rings is 7. The van der Waals surface area contributed by atoms with Crippen LogP contribution in [0.3, 0.4) is 0 Å². The lowest BCUT2D eigenvalue weighted by molar-refractivity contribution is 0.669. The smallest absolute Gasteiger partial charge is 0.167 e. The van der Waals surface area contributed by atoms with Gasteiger partial charge < -0.3 is 4.42 Å². The van der Waals surface area contributed by atoms with Crippen molar-refractivity contribution in [1.29, 1.82) is 0 Å². The Labute approximate surface area is 299 Å². The SMILES string of the molecule is c1ccc(-c2nc(-c3ccc4sc5ccc(-c6cccc7c6sc6ccccc67)cc5c4c3)nc(-c3cccc4c3oc3ccccc34)n2)cc1. The van der Waals surface area contributed by atoms with Crippen LogP contribution in [0.4, 0.5) is 0 Å². The molecule has 0 atom stereocenters. The Kier molecular flexibility index (Phi) is 6.26. The van der Waals surface area contributed by atoms with Gasteiger partial charge in [0.2, 0.25) is 0 Å². The number of aromatic nitrogens is 3. The maximum absolute atomic E-state index is 6.42. The minimum Gasteiger partial charge on any atom is -0.455 e. The van der Waals surface area contributed by atoms with E-state index in [-0.39, 0.29) is 0 Å². The Morgan fingerprint density at radius 1 is 0.373 bits per heavy atom. The predicted octanol–water partition coefficient (Wildman–Crippen LogP) is 13.2. The standard InChI is InChI=1S/C45H25N3OS2/c1-2-10-26(11-3-1)43-46-44(48-45(47-43)34-17-9-15-32-30-12-4-6-18-37(30)49-41(32)34)28-21-23-40-36(25-28)35-24-27(20-22-39(35)50-40)29-14-8-16-33-31-13-5-7-19-38(31)51-42(29)33/h1-25H. The zero-order valence-electron chi connectivity index (χ0n) is 27.0. The Morgan fingerprint density at radius 2 is 0.980 bits per heavy atom. The van der Waals surface area contributed by atoms with E-state index in [1.807, 2.05) is 83.3 Å². The van der Waals surface area contributed by atoms with Crippen molar-refractivity contribution in [1.82, 2.24) is 15.0 Å². The molecule has 0 radical (unpaired) electrons. The number of hydrogen-bond acceptors (Lipinski definition) is 6. The molecular weight excluding hydrogens is 663 g/mol. The summed E-state index contributed by atoms with van der Waals surface area (Å²) in [7, 11) is 0. The van der Waals surface area contributed by atoms with E-state index in [0.29, 0.717) is 17.5 Å². The molecule has 0 amide bonds. The Bertz CT molecular complexity index is 3160. The van der Waals surface area contributed by atoms with Crippen molar-refractivity contribution in [2.75, 3.05) is 0 Å². The summed E-state index contributed by atoms with van der Waals surface area (Å²) in [5, 5.41) is 7.17. The molecule has 0 aliphatic heterocycles. The van der Waals surface area contributed by atoms with Crippen LogP contribution in [0.15, 0.2) is 156 Å². The van der Waals surface area contributed by atoms with Crippen LogP contribution in [-0.4, -0.2) is 15.0 Å². The Morgan fingerprint density at radius 3 is 1.82 bits per heavy atom. The van der Waals surface area contributed by atoms with Crippen LogP contribution < -0.4 is 0 Å². The molecule has 0 N–H and O–H groups in total. The van der Waals surface area contributed by atoms with E-state index < -0.39 is 0 Å². The number of furan rings is 1. The van der Waals surface area contributed by atoms with E-state index >= 15 is 0 Å². The molecule has 4 heterocycles. The molecule has 6 heteroatoms. The van der Waals surface area contributed by atoms with Gasteiger partial charge in [-0.05, 0) is 59.7 Å². The minimum absolute atomic E-state index is 0.581. The molecule has 11 aromatic rings. The van der Waals surface area contributed by atoms with Crippen molar-refractivity contribution < 1.29 is 4.42 Å². The average molecular weight is 688 g/mol. The highest BCUT2D eigenvalue weighted by molar-refractivity contribution is 7.26. The minimum atomic E-state index is 0.581. The van der Waals surface area contributed by atoms with Crippen LogP contribution in [-0.2, 0) is 0 Å². The van der Waals surface area contributed by atoms with Gasteiger partial charge in [-0.3, -0.25) is 0 Å². The van der Waals surface area contributed by atoms with Gasteiger partial charge in [0.1, 0.15) is 11.2 Å². The van der Waals surface area contributed by atoms with Gasteiger partial charge in [-0.15, -0.1) is 22.7 Å². The fraction of sp³-hybridized carbons (Fsp3) is 0. The van der Waals surface area contributed by atoms with Crippen LogP contribution in [0.25, 0.3) is 108 Å². The van der Waals surface area contributed by atoms with Crippen molar-refractivity contribution >= 4 is 85.0 Å². The molecule has 0 aliphatic carbocycles.